The SMILES string of the molecule is COc1ccc(CNc2nncc(Nc3cccc(Cl)c3)n2)cc1. The fourth-order valence-electron chi connectivity index (χ4n) is 2.08. The molecule has 0 radical (unpaired) electrons. The van der Waals surface area contributed by atoms with Gasteiger partial charge in [-0.2, -0.15) is 10.1 Å². The van der Waals surface area contributed by atoms with Crippen molar-refractivity contribution in [3.8, 4) is 5.75 Å². The van der Waals surface area contributed by atoms with Crippen LogP contribution in [0.15, 0.2) is 54.7 Å². The molecule has 0 atom stereocenters. The van der Waals surface area contributed by atoms with Gasteiger partial charge < -0.3 is 15.4 Å². The maximum Gasteiger partial charge on any atom is 0.244 e. The molecule has 0 aliphatic rings. The Labute approximate surface area is 144 Å². The van der Waals surface area contributed by atoms with Crippen LogP contribution in [0.5, 0.6) is 5.75 Å². The predicted molar refractivity (Wildman–Crippen MR) is 94.9 cm³/mol. The third-order valence-corrected chi connectivity index (χ3v) is 3.50. The van der Waals surface area contributed by atoms with Gasteiger partial charge in [-0.1, -0.05) is 29.8 Å². The van der Waals surface area contributed by atoms with Gasteiger partial charge in [0.05, 0.1) is 13.3 Å². The second-order valence-corrected chi connectivity index (χ2v) is 5.44. The van der Waals surface area contributed by atoms with E-state index in [0.717, 1.165) is 17.0 Å². The van der Waals surface area contributed by atoms with Gasteiger partial charge in [0, 0.05) is 17.3 Å². The summed E-state index contributed by atoms with van der Waals surface area (Å²) >= 11 is 5.97. The lowest BCUT2D eigenvalue weighted by Crippen LogP contribution is -2.06. The van der Waals surface area contributed by atoms with E-state index >= 15 is 0 Å². The van der Waals surface area contributed by atoms with Gasteiger partial charge in [0.15, 0.2) is 5.82 Å². The number of rotatable bonds is 6. The van der Waals surface area contributed by atoms with Crippen LogP contribution in [0.4, 0.5) is 17.5 Å². The lowest BCUT2D eigenvalue weighted by Gasteiger charge is -2.08. The molecule has 2 aromatic carbocycles. The summed E-state index contributed by atoms with van der Waals surface area (Å²) in [6, 6.07) is 15.2. The van der Waals surface area contributed by atoms with E-state index in [4.69, 9.17) is 16.3 Å². The van der Waals surface area contributed by atoms with Crippen LogP contribution >= 0.6 is 11.6 Å². The molecule has 0 saturated carbocycles. The first-order valence-corrected chi connectivity index (χ1v) is 7.70. The van der Waals surface area contributed by atoms with Gasteiger partial charge in [-0.15, -0.1) is 5.10 Å². The fourth-order valence-corrected chi connectivity index (χ4v) is 2.27. The zero-order valence-corrected chi connectivity index (χ0v) is 13.8. The van der Waals surface area contributed by atoms with Gasteiger partial charge >= 0.3 is 0 Å². The second kappa shape index (κ2) is 7.61. The Morgan fingerprint density at radius 3 is 2.71 bits per heavy atom. The number of hydrogen-bond donors (Lipinski definition) is 2. The summed E-state index contributed by atoms with van der Waals surface area (Å²) in [5.74, 6) is 1.85. The summed E-state index contributed by atoms with van der Waals surface area (Å²) in [6.45, 7) is 0.590. The molecule has 122 valence electrons. The lowest BCUT2D eigenvalue weighted by atomic mass is 10.2. The lowest BCUT2D eigenvalue weighted by molar-refractivity contribution is 0.414. The molecule has 24 heavy (non-hydrogen) atoms. The molecule has 0 aliphatic heterocycles. The van der Waals surface area contributed by atoms with Crippen molar-refractivity contribution in [2.24, 2.45) is 0 Å². The molecule has 0 fully saturated rings. The molecule has 0 saturated heterocycles. The van der Waals surface area contributed by atoms with Crippen LogP contribution in [0.3, 0.4) is 0 Å². The Hall–Kier alpha value is -2.86. The largest absolute Gasteiger partial charge is 0.497 e. The minimum absolute atomic E-state index is 0.442. The van der Waals surface area contributed by atoms with Gasteiger partial charge in [-0.05, 0) is 35.9 Å². The van der Waals surface area contributed by atoms with E-state index in [1.165, 1.54) is 0 Å². The molecule has 0 unspecified atom stereocenters. The van der Waals surface area contributed by atoms with Crippen molar-refractivity contribution in [2.75, 3.05) is 17.7 Å². The highest BCUT2D eigenvalue weighted by molar-refractivity contribution is 6.30. The number of aromatic nitrogens is 3. The molecule has 1 heterocycles. The standard InChI is InChI=1S/C17H16ClN5O/c1-24-15-7-5-12(6-8-15)10-19-17-22-16(11-20-23-17)21-14-4-2-3-13(18)9-14/h2-9,11H,10H2,1H3,(H2,19,21,22,23). The molecule has 0 spiro atoms. The van der Waals surface area contributed by atoms with Gasteiger partial charge in [-0.3, -0.25) is 0 Å². The average molecular weight is 342 g/mol. The third kappa shape index (κ3) is 4.33. The number of methoxy groups -OCH3 is 1. The Kier molecular flexibility index (Phi) is 5.08. The van der Waals surface area contributed by atoms with E-state index in [1.54, 1.807) is 13.3 Å². The van der Waals surface area contributed by atoms with Gasteiger partial charge in [0.1, 0.15) is 5.75 Å². The van der Waals surface area contributed by atoms with E-state index in [9.17, 15) is 0 Å². The predicted octanol–water partition coefficient (Wildman–Crippen LogP) is 3.89. The molecule has 3 aromatic rings. The van der Waals surface area contributed by atoms with Crippen LogP contribution in [0.2, 0.25) is 5.02 Å². The quantitative estimate of drug-likeness (QED) is 0.708. The number of benzene rings is 2. The summed E-state index contributed by atoms with van der Waals surface area (Å²) in [5.41, 5.74) is 1.93. The Balaban J connectivity index is 1.64. The number of ether oxygens (including phenoxy) is 1. The van der Waals surface area contributed by atoms with Crippen LogP contribution in [0.25, 0.3) is 0 Å². The van der Waals surface area contributed by atoms with E-state index in [1.807, 2.05) is 48.5 Å². The first-order valence-electron chi connectivity index (χ1n) is 7.32. The summed E-state index contributed by atoms with van der Waals surface area (Å²) in [4.78, 5) is 4.38. The minimum atomic E-state index is 0.442. The van der Waals surface area contributed by atoms with Crippen molar-refractivity contribution in [1.82, 2.24) is 15.2 Å². The number of nitrogens with zero attached hydrogens (tertiary/aromatic N) is 3. The smallest absolute Gasteiger partial charge is 0.244 e. The van der Waals surface area contributed by atoms with Crippen molar-refractivity contribution in [2.45, 2.75) is 6.54 Å². The number of nitrogens with one attached hydrogen (secondary N) is 2. The molecule has 2 N–H and O–H groups in total. The van der Waals surface area contributed by atoms with Crippen LogP contribution < -0.4 is 15.4 Å². The first kappa shape index (κ1) is 16.0. The number of anilines is 3. The topological polar surface area (TPSA) is 72.0 Å². The maximum atomic E-state index is 5.97. The molecule has 7 heteroatoms. The van der Waals surface area contributed by atoms with Crippen molar-refractivity contribution >= 4 is 29.1 Å². The third-order valence-electron chi connectivity index (χ3n) is 3.27. The normalized spacial score (nSPS) is 10.2. The summed E-state index contributed by atoms with van der Waals surface area (Å²) in [7, 11) is 1.64. The van der Waals surface area contributed by atoms with Gasteiger partial charge in [-0.25, -0.2) is 0 Å². The Bertz CT molecular complexity index is 810. The molecule has 0 aliphatic carbocycles. The monoisotopic (exact) mass is 341 g/mol. The van der Waals surface area contributed by atoms with Crippen molar-refractivity contribution in [3.63, 3.8) is 0 Å². The average Bonchev–Trinajstić information content (AvgIpc) is 2.61. The van der Waals surface area contributed by atoms with E-state index < -0.39 is 0 Å². The Morgan fingerprint density at radius 2 is 1.96 bits per heavy atom. The minimum Gasteiger partial charge on any atom is -0.497 e. The van der Waals surface area contributed by atoms with Crippen molar-refractivity contribution in [3.05, 3.63) is 65.3 Å². The zero-order valence-electron chi connectivity index (χ0n) is 13.0. The Morgan fingerprint density at radius 1 is 1.12 bits per heavy atom. The van der Waals surface area contributed by atoms with Crippen LogP contribution in [0.1, 0.15) is 5.56 Å². The highest BCUT2D eigenvalue weighted by atomic mass is 35.5. The highest BCUT2D eigenvalue weighted by Crippen LogP contribution is 2.19. The maximum absolute atomic E-state index is 5.97. The fraction of sp³-hybridized carbons (Fsp3) is 0.118. The van der Waals surface area contributed by atoms with E-state index in [-0.39, 0.29) is 0 Å². The second-order valence-electron chi connectivity index (χ2n) is 5.00. The molecule has 6 nitrogen and oxygen atoms in total. The van der Waals surface area contributed by atoms with E-state index in [2.05, 4.69) is 25.8 Å². The number of hydrogen-bond acceptors (Lipinski definition) is 6. The zero-order chi connectivity index (χ0) is 16.8. The molecular formula is C17H16ClN5O. The van der Waals surface area contributed by atoms with E-state index in [0.29, 0.717) is 23.3 Å². The highest BCUT2D eigenvalue weighted by Gasteiger charge is 2.02. The summed E-state index contributed by atoms with van der Waals surface area (Å²) < 4.78 is 5.14. The molecule has 0 bridgehead atoms. The van der Waals surface area contributed by atoms with Crippen LogP contribution in [-0.2, 0) is 6.54 Å². The van der Waals surface area contributed by atoms with Crippen molar-refractivity contribution in [1.29, 1.82) is 0 Å². The van der Waals surface area contributed by atoms with Gasteiger partial charge in [0.2, 0.25) is 5.95 Å². The first-order chi connectivity index (χ1) is 11.7. The molecular weight excluding hydrogens is 326 g/mol. The van der Waals surface area contributed by atoms with Gasteiger partial charge in [0.25, 0.3) is 0 Å². The van der Waals surface area contributed by atoms with Crippen LogP contribution in [-0.4, -0.2) is 22.3 Å². The number of halogens is 1. The summed E-state index contributed by atoms with van der Waals surface area (Å²) in [6.07, 6.45) is 1.56. The molecule has 1 aromatic heterocycles. The van der Waals surface area contributed by atoms with Crippen molar-refractivity contribution < 1.29 is 4.74 Å². The molecule has 3 rings (SSSR count). The molecule has 0 amide bonds. The summed E-state index contributed by atoms with van der Waals surface area (Å²) in [5, 5.41) is 14.9. The van der Waals surface area contributed by atoms with Crippen LogP contribution in [0, 0.1) is 0 Å².